The highest BCUT2D eigenvalue weighted by molar-refractivity contribution is 5.79. The van der Waals surface area contributed by atoms with E-state index in [0.29, 0.717) is 5.56 Å². The highest BCUT2D eigenvalue weighted by Crippen LogP contribution is 2.33. The number of carbonyl (C=O) groups is 1. The maximum Gasteiger partial charge on any atom is 0.227 e. The van der Waals surface area contributed by atoms with Crippen molar-refractivity contribution in [1.82, 2.24) is 4.90 Å². The smallest absolute Gasteiger partial charge is 0.227 e. The van der Waals surface area contributed by atoms with Crippen molar-refractivity contribution < 1.29 is 18.7 Å². The third kappa shape index (κ3) is 3.76. The summed E-state index contributed by atoms with van der Waals surface area (Å²) in [6.07, 6.45) is 2.10. The molecule has 0 aromatic heterocycles. The van der Waals surface area contributed by atoms with E-state index in [9.17, 15) is 9.18 Å². The summed E-state index contributed by atoms with van der Waals surface area (Å²) in [5.41, 5.74) is 1.76. The number of likely N-dealkylation sites (tertiary alicyclic amines) is 1. The number of benzene rings is 2. The van der Waals surface area contributed by atoms with Gasteiger partial charge in [-0.15, -0.1) is 0 Å². The summed E-state index contributed by atoms with van der Waals surface area (Å²) in [6, 6.07) is 12.6. The van der Waals surface area contributed by atoms with Crippen LogP contribution in [0.5, 0.6) is 11.5 Å². The van der Waals surface area contributed by atoms with Crippen LogP contribution in [0.2, 0.25) is 0 Å². The lowest BCUT2D eigenvalue weighted by atomic mass is 10.0. The minimum absolute atomic E-state index is 0.0166. The molecule has 0 saturated carbocycles. The van der Waals surface area contributed by atoms with Crippen LogP contribution in [0.1, 0.15) is 30.0 Å². The second-order valence-electron chi connectivity index (χ2n) is 6.16. The van der Waals surface area contributed by atoms with Crippen LogP contribution in [0.3, 0.4) is 0 Å². The number of nitrogens with zero attached hydrogens (tertiary/aromatic N) is 1. The molecule has 0 aliphatic carbocycles. The molecule has 1 aliphatic heterocycles. The summed E-state index contributed by atoms with van der Waals surface area (Å²) in [5, 5.41) is 0. The van der Waals surface area contributed by atoms with Crippen LogP contribution in [0.25, 0.3) is 0 Å². The van der Waals surface area contributed by atoms with Gasteiger partial charge in [0.05, 0.1) is 26.7 Å². The van der Waals surface area contributed by atoms with Gasteiger partial charge in [0.15, 0.2) is 11.6 Å². The monoisotopic (exact) mass is 343 g/mol. The molecule has 1 heterocycles. The largest absolute Gasteiger partial charge is 0.497 e. The average molecular weight is 343 g/mol. The molecule has 3 rings (SSSR count). The van der Waals surface area contributed by atoms with E-state index in [2.05, 4.69) is 0 Å². The van der Waals surface area contributed by atoms with Gasteiger partial charge in [0.1, 0.15) is 5.75 Å². The molecule has 0 radical (unpaired) electrons. The highest BCUT2D eigenvalue weighted by Gasteiger charge is 2.29. The zero-order valence-corrected chi connectivity index (χ0v) is 14.5. The van der Waals surface area contributed by atoms with Crippen molar-refractivity contribution >= 4 is 5.91 Å². The molecule has 5 heteroatoms. The van der Waals surface area contributed by atoms with Gasteiger partial charge in [-0.05, 0) is 48.2 Å². The van der Waals surface area contributed by atoms with Crippen molar-refractivity contribution in [2.45, 2.75) is 25.3 Å². The average Bonchev–Trinajstić information content (AvgIpc) is 3.12. The predicted molar refractivity (Wildman–Crippen MR) is 93.3 cm³/mol. The lowest BCUT2D eigenvalue weighted by molar-refractivity contribution is -0.131. The van der Waals surface area contributed by atoms with E-state index in [4.69, 9.17) is 9.47 Å². The molecule has 1 atom stereocenters. The fourth-order valence-electron chi connectivity index (χ4n) is 3.33. The Morgan fingerprint density at radius 3 is 2.56 bits per heavy atom. The number of hydrogen-bond acceptors (Lipinski definition) is 3. The third-order valence-electron chi connectivity index (χ3n) is 4.65. The number of rotatable bonds is 5. The van der Waals surface area contributed by atoms with Crippen LogP contribution in [0.4, 0.5) is 4.39 Å². The summed E-state index contributed by atoms with van der Waals surface area (Å²) in [6.45, 7) is 0.730. The Bertz CT molecular complexity index is 745. The van der Waals surface area contributed by atoms with E-state index in [1.807, 2.05) is 29.2 Å². The van der Waals surface area contributed by atoms with Crippen LogP contribution in [-0.2, 0) is 11.2 Å². The second kappa shape index (κ2) is 7.55. The Morgan fingerprint density at radius 1 is 1.16 bits per heavy atom. The zero-order chi connectivity index (χ0) is 17.8. The van der Waals surface area contributed by atoms with Crippen LogP contribution in [0, 0.1) is 5.82 Å². The van der Waals surface area contributed by atoms with Gasteiger partial charge in [0.25, 0.3) is 0 Å². The number of halogens is 1. The summed E-state index contributed by atoms with van der Waals surface area (Å²) in [5.74, 6) is 0.561. The maximum absolute atomic E-state index is 13.8. The fraction of sp³-hybridized carbons (Fsp3) is 0.350. The van der Waals surface area contributed by atoms with Gasteiger partial charge in [0, 0.05) is 6.54 Å². The normalized spacial score (nSPS) is 16.8. The molecule has 132 valence electrons. The summed E-state index contributed by atoms with van der Waals surface area (Å²) in [7, 11) is 3.06. The first-order chi connectivity index (χ1) is 12.1. The molecular formula is C20H22FNO3. The van der Waals surface area contributed by atoms with Gasteiger partial charge >= 0.3 is 0 Å². The maximum atomic E-state index is 13.8. The lowest BCUT2D eigenvalue weighted by Crippen LogP contribution is -2.31. The predicted octanol–water partition coefficient (Wildman–Crippen LogP) is 3.75. The summed E-state index contributed by atoms with van der Waals surface area (Å²) < 4.78 is 23.9. The first-order valence-electron chi connectivity index (χ1n) is 8.38. The molecule has 2 aromatic carbocycles. The first-order valence-corrected chi connectivity index (χ1v) is 8.38. The Hall–Kier alpha value is -2.56. The Morgan fingerprint density at radius 2 is 1.92 bits per heavy atom. The molecule has 0 N–H and O–H groups in total. The third-order valence-corrected chi connectivity index (χ3v) is 4.65. The van der Waals surface area contributed by atoms with Gasteiger partial charge in [-0.25, -0.2) is 4.39 Å². The van der Waals surface area contributed by atoms with Gasteiger partial charge in [-0.1, -0.05) is 18.2 Å². The molecule has 1 saturated heterocycles. The highest BCUT2D eigenvalue weighted by atomic mass is 19.1. The molecule has 1 amide bonds. The Labute approximate surface area is 147 Å². The number of carbonyl (C=O) groups excluding carboxylic acids is 1. The minimum Gasteiger partial charge on any atom is -0.497 e. The van der Waals surface area contributed by atoms with Crippen LogP contribution < -0.4 is 9.47 Å². The molecule has 1 aliphatic rings. The molecule has 0 spiro atoms. The van der Waals surface area contributed by atoms with Crippen LogP contribution in [-0.4, -0.2) is 31.6 Å². The molecule has 2 aromatic rings. The van der Waals surface area contributed by atoms with Gasteiger partial charge in [0.2, 0.25) is 5.91 Å². The van der Waals surface area contributed by atoms with Crippen molar-refractivity contribution in [2.75, 3.05) is 20.8 Å². The topological polar surface area (TPSA) is 38.8 Å². The van der Waals surface area contributed by atoms with E-state index >= 15 is 0 Å². The molecular weight excluding hydrogens is 321 g/mol. The first kappa shape index (κ1) is 17.3. The van der Waals surface area contributed by atoms with Crippen molar-refractivity contribution in [1.29, 1.82) is 0 Å². The minimum atomic E-state index is -0.444. The van der Waals surface area contributed by atoms with Crippen molar-refractivity contribution in [3.05, 3.63) is 59.4 Å². The number of methoxy groups -OCH3 is 2. The van der Waals surface area contributed by atoms with Crippen molar-refractivity contribution in [2.24, 2.45) is 0 Å². The summed E-state index contributed by atoms with van der Waals surface area (Å²) >= 11 is 0. The molecule has 0 unspecified atom stereocenters. The van der Waals surface area contributed by atoms with Gasteiger partial charge in [-0.2, -0.15) is 0 Å². The molecule has 25 heavy (non-hydrogen) atoms. The van der Waals surface area contributed by atoms with Gasteiger partial charge < -0.3 is 14.4 Å². The van der Waals surface area contributed by atoms with E-state index in [1.165, 1.54) is 13.2 Å². The Kier molecular flexibility index (Phi) is 5.22. The van der Waals surface area contributed by atoms with E-state index in [1.54, 1.807) is 19.2 Å². The second-order valence-corrected chi connectivity index (χ2v) is 6.16. The van der Waals surface area contributed by atoms with E-state index in [-0.39, 0.29) is 24.1 Å². The molecule has 4 nitrogen and oxygen atoms in total. The Balaban J connectivity index is 1.72. The van der Waals surface area contributed by atoms with Crippen molar-refractivity contribution in [3.8, 4) is 11.5 Å². The lowest BCUT2D eigenvalue weighted by Gasteiger charge is -2.25. The van der Waals surface area contributed by atoms with Crippen LogP contribution >= 0.6 is 0 Å². The number of hydrogen-bond donors (Lipinski definition) is 0. The zero-order valence-electron chi connectivity index (χ0n) is 14.5. The van der Waals surface area contributed by atoms with E-state index in [0.717, 1.165) is 30.7 Å². The van der Waals surface area contributed by atoms with Crippen molar-refractivity contribution in [3.63, 3.8) is 0 Å². The molecule has 0 bridgehead atoms. The quantitative estimate of drug-likeness (QED) is 0.830. The van der Waals surface area contributed by atoms with E-state index < -0.39 is 5.82 Å². The fourth-order valence-corrected chi connectivity index (χ4v) is 3.33. The molecule has 1 fully saturated rings. The van der Waals surface area contributed by atoms with Crippen LogP contribution in [0.15, 0.2) is 42.5 Å². The number of amides is 1. The standard InChI is InChI=1S/C20H22FNO3/c1-24-16-8-6-15(7-9-16)18-4-3-11-22(18)20(23)13-14-5-10-19(25-2)17(21)12-14/h5-10,12,18H,3-4,11,13H2,1-2H3/t18-/m1/s1. The van der Waals surface area contributed by atoms with Gasteiger partial charge in [-0.3, -0.25) is 4.79 Å². The number of ether oxygens (including phenoxy) is 2. The summed E-state index contributed by atoms with van der Waals surface area (Å²) in [4.78, 5) is 14.6. The SMILES string of the molecule is COc1ccc([C@H]2CCCN2C(=O)Cc2ccc(OC)c(F)c2)cc1.